The molecule has 0 aromatic heterocycles. The Morgan fingerprint density at radius 3 is 1.65 bits per heavy atom. The summed E-state index contributed by atoms with van der Waals surface area (Å²) < 4.78 is 0.604. The highest BCUT2D eigenvalue weighted by Gasteiger charge is 2.18. The average molecular weight is 289 g/mol. The first-order valence-corrected chi connectivity index (χ1v) is 8.02. The monoisotopic (exact) mass is 289 g/mol. The van der Waals surface area contributed by atoms with Gasteiger partial charge in [0.1, 0.15) is 0 Å². The summed E-state index contributed by atoms with van der Waals surface area (Å²) in [7, 11) is 4.00. The summed E-state index contributed by atoms with van der Waals surface area (Å²) >= 11 is 0. The van der Waals surface area contributed by atoms with E-state index in [-0.39, 0.29) is 12.0 Å². The minimum Gasteiger partial charge on any atom is -0.870 e. The Bertz CT molecular complexity index is 230. The Morgan fingerprint density at radius 2 is 1.25 bits per heavy atom. The number of rotatable bonds is 13. The number of carbonyl (C=O) groups is 1. The van der Waals surface area contributed by atoms with Crippen molar-refractivity contribution in [3.05, 3.63) is 0 Å². The van der Waals surface area contributed by atoms with Crippen LogP contribution in [-0.2, 0) is 4.79 Å². The van der Waals surface area contributed by atoms with E-state index in [0.717, 1.165) is 13.0 Å². The van der Waals surface area contributed by atoms with Gasteiger partial charge in [-0.3, -0.25) is 0 Å². The number of nitrogens with zero attached hydrogens (tertiary/aromatic N) is 1. The zero-order chi connectivity index (χ0) is 14.6. The van der Waals surface area contributed by atoms with Crippen LogP contribution < -0.4 is 0 Å². The molecule has 0 rings (SSSR count). The van der Waals surface area contributed by atoms with Gasteiger partial charge in [0.05, 0.1) is 20.6 Å². The normalized spacial score (nSPS) is 11.2. The fraction of sp³-hybridized carbons (Fsp3) is 0.938. The molecular weight excluding hydrogens is 254 g/mol. The fourth-order valence-corrected chi connectivity index (χ4v) is 2.47. The van der Waals surface area contributed by atoms with Crippen LogP contribution in [-0.4, -0.2) is 48.2 Å². The molecule has 0 spiro atoms. The molecule has 0 aromatic rings. The lowest BCUT2D eigenvalue weighted by molar-refractivity contribution is -0.883. The lowest BCUT2D eigenvalue weighted by Crippen LogP contribution is -2.44. The van der Waals surface area contributed by atoms with E-state index in [1.807, 2.05) is 14.1 Å². The zero-order valence-corrected chi connectivity index (χ0v) is 13.7. The number of hydrogen-bond acceptors (Lipinski definition) is 2. The van der Waals surface area contributed by atoms with Crippen molar-refractivity contribution < 1.29 is 19.9 Å². The maximum atomic E-state index is 10.7. The van der Waals surface area contributed by atoms with E-state index in [2.05, 4.69) is 6.92 Å². The second kappa shape index (κ2) is 13.4. The van der Waals surface area contributed by atoms with Gasteiger partial charge in [-0.25, -0.2) is 4.79 Å². The molecule has 0 radical (unpaired) electrons. The summed E-state index contributed by atoms with van der Waals surface area (Å²) in [5.41, 5.74) is 0. The second-order valence-corrected chi connectivity index (χ2v) is 6.39. The number of unbranched alkanes of at least 4 members (excludes halogenated alkanes) is 9. The Kier molecular flexibility index (Phi) is 14.5. The molecule has 122 valence electrons. The molecular formula is C16H35NO3. The molecule has 0 bridgehead atoms. The van der Waals surface area contributed by atoms with Gasteiger partial charge in [0.2, 0.25) is 0 Å². The van der Waals surface area contributed by atoms with E-state index >= 15 is 0 Å². The SMILES string of the molecule is CCCCCCCCCCCC[N+](C)(C)CC(=O)O.[OH-]. The number of carboxylic acid groups (broad SMARTS) is 1. The van der Waals surface area contributed by atoms with E-state index in [1.54, 1.807) is 0 Å². The molecule has 4 nitrogen and oxygen atoms in total. The Balaban J connectivity index is 0. The number of quaternary nitrogens is 1. The standard InChI is InChI=1S/C16H33NO2.H2O/c1-4-5-6-7-8-9-10-11-12-13-14-17(2,3)15-16(18)19;/h4-15H2,1-3H3;1H2. The van der Waals surface area contributed by atoms with Crippen LogP contribution in [0.3, 0.4) is 0 Å². The molecule has 0 aliphatic rings. The van der Waals surface area contributed by atoms with Crippen molar-refractivity contribution in [3.8, 4) is 0 Å². The minimum absolute atomic E-state index is 0. The average Bonchev–Trinajstić information content (AvgIpc) is 2.30. The summed E-state index contributed by atoms with van der Waals surface area (Å²) in [5, 5.41) is 8.79. The van der Waals surface area contributed by atoms with Gasteiger partial charge < -0.3 is 15.1 Å². The van der Waals surface area contributed by atoms with Crippen LogP contribution in [0, 0.1) is 0 Å². The van der Waals surface area contributed by atoms with Crippen molar-refractivity contribution in [3.63, 3.8) is 0 Å². The van der Waals surface area contributed by atoms with Crippen LogP contribution in [0.2, 0.25) is 0 Å². The first-order valence-electron chi connectivity index (χ1n) is 8.02. The third kappa shape index (κ3) is 15.4. The molecule has 4 heteroatoms. The Labute approximate surface area is 125 Å². The summed E-state index contributed by atoms with van der Waals surface area (Å²) in [6.07, 6.45) is 13.3. The summed E-state index contributed by atoms with van der Waals surface area (Å²) in [6.45, 7) is 3.46. The first kappa shape index (κ1) is 21.7. The quantitative estimate of drug-likeness (QED) is 0.413. The Hall–Kier alpha value is -0.610. The van der Waals surface area contributed by atoms with Gasteiger partial charge in [-0.2, -0.15) is 0 Å². The highest BCUT2D eigenvalue weighted by atomic mass is 16.4. The van der Waals surface area contributed by atoms with Crippen molar-refractivity contribution >= 4 is 5.97 Å². The van der Waals surface area contributed by atoms with Crippen molar-refractivity contribution in [1.82, 2.24) is 0 Å². The molecule has 0 saturated carbocycles. The van der Waals surface area contributed by atoms with Crippen molar-refractivity contribution in [2.75, 3.05) is 27.2 Å². The van der Waals surface area contributed by atoms with E-state index in [0.29, 0.717) is 4.48 Å². The van der Waals surface area contributed by atoms with Gasteiger partial charge in [-0.05, 0) is 12.8 Å². The molecule has 0 saturated heterocycles. The van der Waals surface area contributed by atoms with Gasteiger partial charge in [-0.1, -0.05) is 58.3 Å². The highest BCUT2D eigenvalue weighted by Crippen LogP contribution is 2.11. The smallest absolute Gasteiger partial charge is 0.359 e. The van der Waals surface area contributed by atoms with E-state index in [1.165, 1.54) is 57.8 Å². The number of likely N-dealkylation sites (N-methyl/N-ethyl adjacent to an activating group) is 1. The van der Waals surface area contributed by atoms with Gasteiger partial charge in [-0.15, -0.1) is 0 Å². The van der Waals surface area contributed by atoms with Crippen LogP contribution >= 0.6 is 0 Å². The van der Waals surface area contributed by atoms with E-state index in [9.17, 15) is 4.79 Å². The third-order valence-electron chi connectivity index (χ3n) is 3.68. The van der Waals surface area contributed by atoms with Gasteiger partial charge in [0.15, 0.2) is 6.54 Å². The van der Waals surface area contributed by atoms with E-state index < -0.39 is 5.97 Å². The molecule has 0 aliphatic carbocycles. The summed E-state index contributed by atoms with van der Waals surface area (Å²) in [6, 6.07) is 0. The molecule has 0 aliphatic heterocycles. The predicted octanol–water partition coefficient (Wildman–Crippen LogP) is 3.89. The molecule has 20 heavy (non-hydrogen) atoms. The Morgan fingerprint density at radius 1 is 0.850 bits per heavy atom. The highest BCUT2D eigenvalue weighted by molar-refractivity contribution is 5.67. The van der Waals surface area contributed by atoms with Gasteiger partial charge in [0.25, 0.3) is 0 Å². The zero-order valence-electron chi connectivity index (χ0n) is 13.7. The second-order valence-electron chi connectivity index (χ2n) is 6.39. The minimum atomic E-state index is -0.697. The molecule has 0 unspecified atom stereocenters. The van der Waals surface area contributed by atoms with Crippen LogP contribution in [0.1, 0.15) is 71.1 Å². The maximum absolute atomic E-state index is 10.7. The van der Waals surface area contributed by atoms with E-state index in [4.69, 9.17) is 5.11 Å². The van der Waals surface area contributed by atoms with Crippen molar-refractivity contribution in [2.45, 2.75) is 71.1 Å². The van der Waals surface area contributed by atoms with Gasteiger partial charge >= 0.3 is 5.97 Å². The van der Waals surface area contributed by atoms with Crippen LogP contribution in [0.25, 0.3) is 0 Å². The molecule has 0 heterocycles. The first-order chi connectivity index (χ1) is 8.98. The van der Waals surface area contributed by atoms with Crippen LogP contribution in [0.5, 0.6) is 0 Å². The lowest BCUT2D eigenvalue weighted by atomic mass is 10.1. The van der Waals surface area contributed by atoms with Crippen molar-refractivity contribution in [1.29, 1.82) is 0 Å². The molecule has 0 amide bonds. The molecule has 0 atom stereocenters. The molecule has 0 fully saturated rings. The van der Waals surface area contributed by atoms with Gasteiger partial charge in [0, 0.05) is 0 Å². The van der Waals surface area contributed by atoms with Crippen LogP contribution in [0.4, 0.5) is 0 Å². The molecule has 2 N–H and O–H groups in total. The number of hydrogen-bond donors (Lipinski definition) is 1. The number of carboxylic acids is 1. The number of aliphatic carboxylic acids is 1. The fourth-order valence-electron chi connectivity index (χ4n) is 2.47. The largest absolute Gasteiger partial charge is 0.870 e. The topological polar surface area (TPSA) is 67.3 Å². The summed E-state index contributed by atoms with van der Waals surface area (Å²) in [4.78, 5) is 10.7. The van der Waals surface area contributed by atoms with Crippen molar-refractivity contribution in [2.24, 2.45) is 0 Å². The molecule has 0 aromatic carbocycles. The predicted molar refractivity (Wildman–Crippen MR) is 83.3 cm³/mol. The summed E-state index contributed by atoms with van der Waals surface area (Å²) in [5.74, 6) is -0.697. The lowest BCUT2D eigenvalue weighted by Gasteiger charge is -2.27. The third-order valence-corrected chi connectivity index (χ3v) is 3.68. The maximum Gasteiger partial charge on any atom is 0.359 e. The van der Waals surface area contributed by atoms with Crippen LogP contribution in [0.15, 0.2) is 0 Å².